The topological polar surface area (TPSA) is 83.3 Å². The van der Waals surface area contributed by atoms with E-state index in [1.807, 2.05) is 109 Å². The Labute approximate surface area is 267 Å². The molecule has 4 aromatic carbocycles. The summed E-state index contributed by atoms with van der Waals surface area (Å²) in [7, 11) is 0. The summed E-state index contributed by atoms with van der Waals surface area (Å²) in [5.41, 5.74) is 5.55. The minimum absolute atomic E-state index is 0.0950. The van der Waals surface area contributed by atoms with Gasteiger partial charge in [0, 0.05) is 16.5 Å². The van der Waals surface area contributed by atoms with E-state index in [0.717, 1.165) is 58.7 Å². The number of fused-ring (bicyclic) bond motifs is 2. The Morgan fingerprint density at radius 3 is 2.22 bits per heavy atom. The molecule has 7 heteroatoms. The molecule has 0 aliphatic heterocycles. The number of benzene rings is 4. The number of rotatable bonds is 7. The van der Waals surface area contributed by atoms with Gasteiger partial charge < -0.3 is 9.47 Å². The van der Waals surface area contributed by atoms with Gasteiger partial charge in [-0.05, 0) is 68.7 Å². The lowest BCUT2D eigenvalue weighted by Crippen LogP contribution is -2.21. The van der Waals surface area contributed by atoms with Crippen molar-refractivity contribution in [3.8, 4) is 28.1 Å². The van der Waals surface area contributed by atoms with E-state index >= 15 is 0 Å². The van der Waals surface area contributed by atoms with E-state index in [0.29, 0.717) is 33.7 Å². The van der Waals surface area contributed by atoms with Gasteiger partial charge in [-0.3, -0.25) is 0 Å². The fraction of sp³-hybridized carbons (Fsp3) is 0.231. The normalized spacial score (nSPS) is 13.6. The SMILES string of the molecule is CCOC(=O)c1c(-c2ccccc2)nc2c(c(C)nn2-c2ccccc2)c1-c1cccc2cccc(C(=O)OC3CCCCC3)c12. The fourth-order valence-electron chi connectivity index (χ4n) is 6.66. The quantitative estimate of drug-likeness (QED) is 0.168. The molecule has 230 valence electrons. The molecule has 1 aliphatic rings. The highest BCUT2D eigenvalue weighted by Crippen LogP contribution is 2.43. The first-order valence-electron chi connectivity index (χ1n) is 16.0. The molecule has 2 heterocycles. The molecular formula is C39H35N3O4. The molecule has 1 saturated carbocycles. The second kappa shape index (κ2) is 12.6. The van der Waals surface area contributed by atoms with Gasteiger partial charge in [0.15, 0.2) is 5.65 Å². The van der Waals surface area contributed by atoms with Crippen LogP contribution in [-0.4, -0.2) is 39.4 Å². The van der Waals surface area contributed by atoms with Crippen molar-refractivity contribution >= 4 is 33.7 Å². The summed E-state index contributed by atoms with van der Waals surface area (Å²) >= 11 is 0. The van der Waals surface area contributed by atoms with E-state index < -0.39 is 5.97 Å². The first-order valence-corrected chi connectivity index (χ1v) is 16.0. The fourth-order valence-corrected chi connectivity index (χ4v) is 6.66. The van der Waals surface area contributed by atoms with E-state index in [1.165, 1.54) is 6.42 Å². The van der Waals surface area contributed by atoms with Crippen LogP contribution < -0.4 is 0 Å². The summed E-state index contributed by atoms with van der Waals surface area (Å²) in [6.45, 7) is 3.91. The van der Waals surface area contributed by atoms with Gasteiger partial charge in [0.25, 0.3) is 0 Å². The van der Waals surface area contributed by atoms with E-state index in [9.17, 15) is 9.59 Å². The third kappa shape index (κ3) is 5.32. The predicted octanol–water partition coefficient (Wildman–Crippen LogP) is 8.88. The number of hydrogen-bond donors (Lipinski definition) is 0. The number of pyridine rings is 1. The Hall–Kier alpha value is -5.30. The number of carbonyl (C=O) groups is 2. The number of ether oxygens (including phenoxy) is 2. The molecule has 0 N–H and O–H groups in total. The lowest BCUT2D eigenvalue weighted by molar-refractivity contribution is 0.0213. The molecule has 6 aromatic rings. The number of aromatic nitrogens is 3. The van der Waals surface area contributed by atoms with Crippen LogP contribution in [0.15, 0.2) is 97.1 Å². The van der Waals surface area contributed by atoms with Crippen molar-refractivity contribution in [3.63, 3.8) is 0 Å². The smallest absolute Gasteiger partial charge is 0.341 e. The Morgan fingerprint density at radius 1 is 0.804 bits per heavy atom. The average Bonchev–Trinajstić information content (AvgIpc) is 3.44. The third-order valence-corrected chi connectivity index (χ3v) is 8.74. The predicted molar refractivity (Wildman–Crippen MR) is 180 cm³/mol. The second-order valence-corrected chi connectivity index (χ2v) is 11.7. The molecule has 7 nitrogen and oxygen atoms in total. The summed E-state index contributed by atoms with van der Waals surface area (Å²) in [6.07, 6.45) is 4.94. The van der Waals surface area contributed by atoms with Gasteiger partial charge in [-0.1, -0.05) is 85.3 Å². The molecule has 0 radical (unpaired) electrons. The lowest BCUT2D eigenvalue weighted by atomic mass is 9.88. The van der Waals surface area contributed by atoms with Gasteiger partial charge in [-0.2, -0.15) is 5.10 Å². The molecule has 1 fully saturated rings. The molecule has 0 spiro atoms. The number of carbonyl (C=O) groups excluding carboxylic acids is 2. The first-order chi connectivity index (χ1) is 22.5. The van der Waals surface area contributed by atoms with Crippen LogP contribution in [-0.2, 0) is 9.47 Å². The molecule has 2 aromatic heterocycles. The monoisotopic (exact) mass is 609 g/mol. The molecule has 46 heavy (non-hydrogen) atoms. The lowest BCUT2D eigenvalue weighted by Gasteiger charge is -2.23. The van der Waals surface area contributed by atoms with Crippen LogP contribution in [0.25, 0.3) is 49.9 Å². The zero-order valence-corrected chi connectivity index (χ0v) is 26.0. The van der Waals surface area contributed by atoms with Crippen LogP contribution in [0.2, 0.25) is 0 Å². The van der Waals surface area contributed by atoms with Crippen LogP contribution in [0.3, 0.4) is 0 Å². The molecule has 7 rings (SSSR count). The van der Waals surface area contributed by atoms with Gasteiger partial charge in [-0.15, -0.1) is 0 Å². The number of esters is 2. The number of aryl methyl sites for hydroxylation is 1. The summed E-state index contributed by atoms with van der Waals surface area (Å²) < 4.78 is 13.6. The zero-order valence-electron chi connectivity index (χ0n) is 26.0. The highest BCUT2D eigenvalue weighted by Gasteiger charge is 2.30. The Morgan fingerprint density at radius 2 is 1.50 bits per heavy atom. The minimum Gasteiger partial charge on any atom is -0.462 e. The van der Waals surface area contributed by atoms with E-state index in [-0.39, 0.29) is 18.7 Å². The van der Waals surface area contributed by atoms with Crippen molar-refractivity contribution in [1.29, 1.82) is 0 Å². The van der Waals surface area contributed by atoms with E-state index in [4.69, 9.17) is 19.6 Å². The molecule has 0 saturated heterocycles. The number of para-hydroxylation sites is 1. The van der Waals surface area contributed by atoms with Crippen molar-refractivity contribution < 1.29 is 19.1 Å². The van der Waals surface area contributed by atoms with Gasteiger partial charge in [0.05, 0.1) is 40.2 Å². The number of nitrogens with zero attached hydrogens (tertiary/aromatic N) is 3. The van der Waals surface area contributed by atoms with Crippen LogP contribution in [0.4, 0.5) is 0 Å². The highest BCUT2D eigenvalue weighted by atomic mass is 16.5. The third-order valence-electron chi connectivity index (χ3n) is 8.74. The van der Waals surface area contributed by atoms with Gasteiger partial charge >= 0.3 is 11.9 Å². The van der Waals surface area contributed by atoms with Crippen LogP contribution >= 0.6 is 0 Å². The van der Waals surface area contributed by atoms with Crippen LogP contribution in [0.5, 0.6) is 0 Å². The summed E-state index contributed by atoms with van der Waals surface area (Å²) in [5.74, 6) is -0.843. The van der Waals surface area contributed by atoms with Crippen molar-refractivity contribution in [2.45, 2.75) is 52.1 Å². The van der Waals surface area contributed by atoms with Crippen molar-refractivity contribution in [1.82, 2.24) is 14.8 Å². The van der Waals surface area contributed by atoms with E-state index in [1.54, 1.807) is 6.92 Å². The molecular weight excluding hydrogens is 574 g/mol. The Kier molecular flexibility index (Phi) is 8.06. The average molecular weight is 610 g/mol. The maximum absolute atomic E-state index is 14.1. The summed E-state index contributed by atoms with van der Waals surface area (Å²) in [4.78, 5) is 33.2. The first kappa shape index (κ1) is 29.4. The minimum atomic E-state index is -0.489. The Bertz CT molecular complexity index is 2060. The van der Waals surface area contributed by atoms with E-state index in [2.05, 4.69) is 0 Å². The number of hydrogen-bond acceptors (Lipinski definition) is 6. The van der Waals surface area contributed by atoms with Crippen molar-refractivity contribution in [3.05, 3.63) is 114 Å². The molecule has 1 aliphatic carbocycles. The van der Waals surface area contributed by atoms with Crippen molar-refractivity contribution in [2.24, 2.45) is 0 Å². The molecule has 0 atom stereocenters. The maximum Gasteiger partial charge on any atom is 0.341 e. The zero-order chi connectivity index (χ0) is 31.6. The highest BCUT2D eigenvalue weighted by molar-refractivity contribution is 6.18. The maximum atomic E-state index is 14.1. The van der Waals surface area contributed by atoms with Gasteiger partial charge in [0.2, 0.25) is 0 Å². The van der Waals surface area contributed by atoms with Crippen LogP contribution in [0.1, 0.15) is 65.4 Å². The standard InChI is InChI=1S/C39H35N3O4/c1-3-45-39(44)35-34(30-23-13-17-26-18-14-24-31(33(26)30)38(43)46-29-21-11-6-12-22-29)32-25(2)41-42(28-19-9-5-10-20-28)37(32)40-36(35)27-15-7-4-8-16-27/h4-5,7-10,13-20,23-24,29H,3,6,11-12,21-22H2,1-2H3. The molecule has 0 bridgehead atoms. The second-order valence-electron chi connectivity index (χ2n) is 11.7. The van der Waals surface area contributed by atoms with Crippen LogP contribution in [0, 0.1) is 6.92 Å². The Balaban J connectivity index is 1.58. The van der Waals surface area contributed by atoms with Gasteiger partial charge in [-0.25, -0.2) is 19.3 Å². The molecule has 0 amide bonds. The summed E-state index contributed by atoms with van der Waals surface area (Å²) in [5, 5.41) is 7.25. The molecule has 0 unspecified atom stereocenters. The summed E-state index contributed by atoms with van der Waals surface area (Å²) in [6, 6.07) is 31.1. The largest absolute Gasteiger partial charge is 0.462 e. The van der Waals surface area contributed by atoms with Gasteiger partial charge in [0.1, 0.15) is 6.10 Å². The van der Waals surface area contributed by atoms with Crippen molar-refractivity contribution in [2.75, 3.05) is 6.61 Å².